The van der Waals surface area contributed by atoms with Crippen molar-refractivity contribution in [3.8, 4) is 17.2 Å². The van der Waals surface area contributed by atoms with Crippen LogP contribution in [-0.4, -0.2) is 21.3 Å². The van der Waals surface area contributed by atoms with Crippen LogP contribution in [0.5, 0.6) is 17.2 Å². The fourth-order valence-electron chi connectivity index (χ4n) is 2.07. The van der Waals surface area contributed by atoms with E-state index in [0.717, 1.165) is 22.8 Å². The summed E-state index contributed by atoms with van der Waals surface area (Å²) in [6.07, 6.45) is 0.743. The first-order chi connectivity index (χ1) is 8.74. The van der Waals surface area contributed by atoms with Crippen molar-refractivity contribution in [2.75, 3.05) is 21.3 Å². The lowest BCUT2D eigenvalue weighted by Gasteiger charge is -2.15. The van der Waals surface area contributed by atoms with Gasteiger partial charge < -0.3 is 14.2 Å². The highest BCUT2D eigenvalue weighted by Gasteiger charge is 2.15. The maximum absolute atomic E-state index is 5.47. The molecule has 0 spiro atoms. The van der Waals surface area contributed by atoms with Gasteiger partial charge in [-0.15, -0.1) is 0 Å². The first-order valence-corrected chi connectivity index (χ1v) is 5.76. The summed E-state index contributed by atoms with van der Waals surface area (Å²) in [6.45, 7) is 3.90. The third kappa shape index (κ3) is 1.96. The molecule has 0 N–H and O–H groups in total. The molecule has 0 aliphatic rings. The second-order valence-corrected chi connectivity index (χ2v) is 3.95. The number of hydrogen-bond acceptors (Lipinski definition) is 3. The average molecular weight is 245 g/mol. The lowest BCUT2D eigenvalue weighted by molar-refractivity contribution is 0.327. The Kier molecular flexibility index (Phi) is 3.60. The summed E-state index contributed by atoms with van der Waals surface area (Å²) in [6, 6.07) is 8.12. The van der Waals surface area contributed by atoms with E-state index in [1.807, 2.05) is 12.1 Å². The molecule has 0 saturated heterocycles. The molecule has 0 aliphatic carbocycles. The van der Waals surface area contributed by atoms with Crippen molar-refractivity contribution in [2.45, 2.75) is 6.42 Å². The summed E-state index contributed by atoms with van der Waals surface area (Å²) < 4.78 is 16.2. The molecular formula is C15H17O3. The van der Waals surface area contributed by atoms with Crippen molar-refractivity contribution in [3.05, 3.63) is 36.8 Å². The summed E-state index contributed by atoms with van der Waals surface area (Å²) >= 11 is 0. The fourth-order valence-corrected chi connectivity index (χ4v) is 2.07. The minimum atomic E-state index is 0.619. The van der Waals surface area contributed by atoms with Crippen molar-refractivity contribution in [1.29, 1.82) is 0 Å². The molecule has 0 atom stereocenters. The smallest absolute Gasteiger partial charge is 0.203 e. The van der Waals surface area contributed by atoms with Crippen LogP contribution in [0.1, 0.15) is 5.56 Å². The van der Waals surface area contributed by atoms with E-state index in [0.29, 0.717) is 17.2 Å². The Morgan fingerprint density at radius 2 is 1.67 bits per heavy atom. The van der Waals surface area contributed by atoms with Crippen molar-refractivity contribution in [3.63, 3.8) is 0 Å². The molecule has 0 unspecified atom stereocenters. The molecule has 95 valence electrons. The fraction of sp³-hybridized carbons (Fsp3) is 0.267. The van der Waals surface area contributed by atoms with Crippen molar-refractivity contribution >= 4 is 10.8 Å². The van der Waals surface area contributed by atoms with Gasteiger partial charge in [0.1, 0.15) is 0 Å². The molecule has 18 heavy (non-hydrogen) atoms. The van der Waals surface area contributed by atoms with Crippen LogP contribution in [-0.2, 0) is 6.42 Å². The van der Waals surface area contributed by atoms with Gasteiger partial charge in [-0.3, -0.25) is 0 Å². The van der Waals surface area contributed by atoms with Crippen LogP contribution in [0.25, 0.3) is 10.8 Å². The minimum Gasteiger partial charge on any atom is -0.493 e. The molecular weight excluding hydrogens is 228 g/mol. The Labute approximate surface area is 107 Å². The van der Waals surface area contributed by atoms with Crippen molar-refractivity contribution in [2.24, 2.45) is 0 Å². The van der Waals surface area contributed by atoms with E-state index in [9.17, 15) is 0 Å². The summed E-state index contributed by atoms with van der Waals surface area (Å²) in [7, 11) is 4.86. The summed E-state index contributed by atoms with van der Waals surface area (Å²) in [5.74, 6) is 1.99. The number of hydrogen-bond donors (Lipinski definition) is 0. The van der Waals surface area contributed by atoms with Gasteiger partial charge in [0.05, 0.1) is 21.3 Å². The van der Waals surface area contributed by atoms with Crippen LogP contribution >= 0.6 is 0 Å². The van der Waals surface area contributed by atoms with Crippen molar-refractivity contribution < 1.29 is 14.2 Å². The van der Waals surface area contributed by atoms with E-state index in [4.69, 9.17) is 14.2 Å². The van der Waals surface area contributed by atoms with Gasteiger partial charge >= 0.3 is 0 Å². The van der Waals surface area contributed by atoms with Crippen LogP contribution in [0.3, 0.4) is 0 Å². The van der Waals surface area contributed by atoms with E-state index in [1.54, 1.807) is 21.3 Å². The molecule has 0 heterocycles. The highest BCUT2D eigenvalue weighted by Crippen LogP contribution is 2.43. The summed E-state index contributed by atoms with van der Waals surface area (Å²) in [4.78, 5) is 0. The first kappa shape index (κ1) is 12.6. The molecule has 0 aliphatic heterocycles. The SMILES string of the molecule is [CH2]Cc1ccc2cc(OC)c(OC)c(OC)c2c1. The van der Waals surface area contributed by atoms with Gasteiger partial charge in [0.2, 0.25) is 5.75 Å². The monoisotopic (exact) mass is 245 g/mol. The number of rotatable bonds is 4. The van der Waals surface area contributed by atoms with Gasteiger partial charge in [-0.05, 0) is 36.4 Å². The van der Waals surface area contributed by atoms with E-state index in [2.05, 4.69) is 19.1 Å². The second-order valence-electron chi connectivity index (χ2n) is 3.95. The van der Waals surface area contributed by atoms with E-state index in [-0.39, 0.29) is 0 Å². The number of benzene rings is 2. The van der Waals surface area contributed by atoms with Crippen LogP contribution in [0.15, 0.2) is 24.3 Å². The topological polar surface area (TPSA) is 27.7 Å². The number of methoxy groups -OCH3 is 3. The second kappa shape index (κ2) is 5.17. The number of ether oxygens (including phenoxy) is 3. The van der Waals surface area contributed by atoms with Gasteiger partial charge in [0.15, 0.2) is 11.5 Å². The lowest BCUT2D eigenvalue weighted by atomic mass is 10.0. The maximum Gasteiger partial charge on any atom is 0.203 e. The largest absolute Gasteiger partial charge is 0.493 e. The molecule has 0 saturated carbocycles. The Morgan fingerprint density at radius 1 is 0.944 bits per heavy atom. The van der Waals surface area contributed by atoms with Gasteiger partial charge in [0, 0.05) is 5.39 Å². The predicted molar refractivity (Wildman–Crippen MR) is 72.7 cm³/mol. The van der Waals surface area contributed by atoms with Crippen LogP contribution in [0, 0.1) is 6.92 Å². The van der Waals surface area contributed by atoms with Gasteiger partial charge in [-0.2, -0.15) is 0 Å². The lowest BCUT2D eigenvalue weighted by Crippen LogP contribution is -1.96. The Balaban J connectivity index is 2.79. The molecule has 0 fully saturated rings. The molecule has 0 aromatic heterocycles. The van der Waals surface area contributed by atoms with Crippen LogP contribution in [0.4, 0.5) is 0 Å². The average Bonchev–Trinajstić information content (AvgIpc) is 2.44. The summed E-state index contributed by atoms with van der Waals surface area (Å²) in [5, 5.41) is 2.07. The zero-order valence-corrected chi connectivity index (χ0v) is 10.9. The van der Waals surface area contributed by atoms with E-state index in [1.165, 1.54) is 0 Å². The standard InChI is InChI=1S/C15H17O3/c1-5-10-6-7-11-9-13(16-2)15(18-4)14(17-3)12(11)8-10/h6-9H,1,5H2,2-4H3. The van der Waals surface area contributed by atoms with Crippen LogP contribution < -0.4 is 14.2 Å². The summed E-state index contributed by atoms with van der Waals surface area (Å²) in [5.41, 5.74) is 1.16. The van der Waals surface area contributed by atoms with Gasteiger partial charge in [-0.1, -0.05) is 12.1 Å². The minimum absolute atomic E-state index is 0.619. The third-order valence-corrected chi connectivity index (χ3v) is 3.00. The number of fused-ring (bicyclic) bond motifs is 1. The molecule has 0 amide bonds. The maximum atomic E-state index is 5.47. The molecule has 2 aromatic rings. The first-order valence-electron chi connectivity index (χ1n) is 5.76. The zero-order chi connectivity index (χ0) is 13.1. The van der Waals surface area contributed by atoms with E-state index >= 15 is 0 Å². The van der Waals surface area contributed by atoms with E-state index < -0.39 is 0 Å². The Hall–Kier alpha value is -1.90. The predicted octanol–water partition coefficient (Wildman–Crippen LogP) is 3.24. The highest BCUT2D eigenvalue weighted by atomic mass is 16.5. The normalized spacial score (nSPS) is 10.4. The molecule has 3 heteroatoms. The van der Waals surface area contributed by atoms with Crippen LogP contribution in [0.2, 0.25) is 0 Å². The van der Waals surface area contributed by atoms with Gasteiger partial charge in [-0.25, -0.2) is 0 Å². The Morgan fingerprint density at radius 3 is 2.22 bits per heavy atom. The Bertz CT molecular complexity index is 561. The molecule has 2 rings (SSSR count). The zero-order valence-electron chi connectivity index (χ0n) is 10.9. The quantitative estimate of drug-likeness (QED) is 0.827. The third-order valence-electron chi connectivity index (χ3n) is 3.00. The molecule has 0 bridgehead atoms. The molecule has 2 aromatic carbocycles. The molecule has 3 nitrogen and oxygen atoms in total. The van der Waals surface area contributed by atoms with Crippen molar-refractivity contribution in [1.82, 2.24) is 0 Å². The van der Waals surface area contributed by atoms with Gasteiger partial charge in [0.25, 0.3) is 0 Å². The highest BCUT2D eigenvalue weighted by molar-refractivity contribution is 5.93. The molecule has 1 radical (unpaired) electrons.